The van der Waals surface area contributed by atoms with Crippen LogP contribution in [0, 0.1) is 12.8 Å². The average Bonchev–Trinajstić information content (AvgIpc) is 2.94. The Morgan fingerprint density at radius 2 is 2.29 bits per heavy atom. The SMILES string of the molecule is Cc1ccc(Br)c[n+]1CC(=O)C1CC1. The summed E-state index contributed by atoms with van der Waals surface area (Å²) in [6.07, 6.45) is 4.15. The van der Waals surface area contributed by atoms with Crippen molar-refractivity contribution < 1.29 is 9.36 Å². The zero-order valence-corrected chi connectivity index (χ0v) is 9.75. The number of nitrogens with zero attached hydrogens (tertiary/aromatic N) is 1. The number of ketones is 1. The molecule has 0 atom stereocenters. The van der Waals surface area contributed by atoms with E-state index in [1.54, 1.807) is 0 Å². The molecule has 1 aliphatic carbocycles. The highest BCUT2D eigenvalue weighted by Crippen LogP contribution is 2.29. The predicted molar refractivity (Wildman–Crippen MR) is 56.8 cm³/mol. The Labute approximate surface area is 92.1 Å². The van der Waals surface area contributed by atoms with Gasteiger partial charge in [-0.15, -0.1) is 0 Å². The van der Waals surface area contributed by atoms with Gasteiger partial charge in [-0.05, 0) is 34.8 Å². The summed E-state index contributed by atoms with van der Waals surface area (Å²) in [5, 5.41) is 0. The first-order valence-electron chi connectivity index (χ1n) is 4.85. The Balaban J connectivity index is 2.14. The summed E-state index contributed by atoms with van der Waals surface area (Å²) in [5.74, 6) is 0.720. The lowest BCUT2D eigenvalue weighted by Gasteiger charge is -1.99. The fourth-order valence-electron chi connectivity index (χ4n) is 1.46. The number of hydrogen-bond acceptors (Lipinski definition) is 1. The second kappa shape index (κ2) is 3.81. The summed E-state index contributed by atoms with van der Waals surface area (Å²) in [6, 6.07) is 4.01. The summed E-state index contributed by atoms with van der Waals surface area (Å²) in [7, 11) is 0. The summed E-state index contributed by atoms with van der Waals surface area (Å²) < 4.78 is 3.02. The molecule has 14 heavy (non-hydrogen) atoms. The molecule has 1 fully saturated rings. The van der Waals surface area contributed by atoms with E-state index in [2.05, 4.69) is 15.9 Å². The maximum atomic E-state index is 11.6. The van der Waals surface area contributed by atoms with Crippen LogP contribution in [0.25, 0.3) is 0 Å². The van der Waals surface area contributed by atoms with E-state index in [1.807, 2.05) is 29.8 Å². The topological polar surface area (TPSA) is 20.9 Å². The van der Waals surface area contributed by atoms with Crippen LogP contribution in [0.3, 0.4) is 0 Å². The molecule has 1 aliphatic rings. The molecule has 74 valence electrons. The first kappa shape index (κ1) is 9.84. The van der Waals surface area contributed by atoms with Crippen LogP contribution in [0.4, 0.5) is 0 Å². The van der Waals surface area contributed by atoms with E-state index < -0.39 is 0 Å². The number of rotatable bonds is 3. The number of carbonyl (C=O) groups is 1. The molecule has 0 aromatic carbocycles. The van der Waals surface area contributed by atoms with Crippen molar-refractivity contribution in [2.24, 2.45) is 5.92 Å². The van der Waals surface area contributed by atoms with Crippen LogP contribution in [0.5, 0.6) is 0 Å². The van der Waals surface area contributed by atoms with Crippen molar-refractivity contribution >= 4 is 21.7 Å². The zero-order valence-electron chi connectivity index (χ0n) is 8.16. The van der Waals surface area contributed by atoms with Crippen molar-refractivity contribution in [3.05, 3.63) is 28.5 Å². The van der Waals surface area contributed by atoms with Crippen LogP contribution in [0.2, 0.25) is 0 Å². The van der Waals surface area contributed by atoms with Gasteiger partial charge in [0.25, 0.3) is 0 Å². The first-order chi connectivity index (χ1) is 6.66. The van der Waals surface area contributed by atoms with Crippen molar-refractivity contribution in [2.45, 2.75) is 26.3 Å². The molecule has 3 heteroatoms. The maximum Gasteiger partial charge on any atom is 0.207 e. The highest BCUT2D eigenvalue weighted by Gasteiger charge is 2.32. The zero-order chi connectivity index (χ0) is 10.1. The summed E-state index contributed by atoms with van der Waals surface area (Å²) in [5.41, 5.74) is 1.13. The van der Waals surface area contributed by atoms with Gasteiger partial charge in [0.05, 0.1) is 4.47 Å². The van der Waals surface area contributed by atoms with Gasteiger partial charge in [-0.2, -0.15) is 4.57 Å². The Morgan fingerprint density at radius 1 is 1.57 bits per heavy atom. The van der Waals surface area contributed by atoms with Crippen molar-refractivity contribution in [3.8, 4) is 0 Å². The lowest BCUT2D eigenvalue weighted by molar-refractivity contribution is -0.691. The minimum Gasteiger partial charge on any atom is -0.292 e. The van der Waals surface area contributed by atoms with E-state index in [0.29, 0.717) is 18.2 Å². The molecular formula is C11H13BrNO+. The highest BCUT2D eigenvalue weighted by molar-refractivity contribution is 9.10. The van der Waals surface area contributed by atoms with E-state index in [-0.39, 0.29) is 0 Å². The van der Waals surface area contributed by atoms with Gasteiger partial charge in [-0.25, -0.2) is 0 Å². The number of Topliss-reactive ketones (excluding diaryl/α,β-unsaturated/α-hetero) is 1. The van der Waals surface area contributed by atoms with Gasteiger partial charge in [-0.1, -0.05) is 0 Å². The number of halogens is 1. The van der Waals surface area contributed by atoms with E-state index in [4.69, 9.17) is 0 Å². The molecule has 2 nitrogen and oxygen atoms in total. The van der Waals surface area contributed by atoms with Crippen LogP contribution in [-0.4, -0.2) is 5.78 Å². The fraction of sp³-hybridized carbons (Fsp3) is 0.455. The third-order valence-electron chi connectivity index (χ3n) is 2.57. The van der Waals surface area contributed by atoms with E-state index in [1.165, 1.54) is 0 Å². The van der Waals surface area contributed by atoms with Gasteiger partial charge in [0, 0.05) is 18.9 Å². The molecule has 1 aromatic rings. The summed E-state index contributed by atoms with van der Waals surface area (Å²) >= 11 is 3.41. The molecule has 0 N–H and O–H groups in total. The van der Waals surface area contributed by atoms with Crippen LogP contribution in [0.15, 0.2) is 22.8 Å². The molecule has 0 aliphatic heterocycles. The van der Waals surface area contributed by atoms with Gasteiger partial charge in [0.1, 0.15) is 0 Å². The Kier molecular flexibility index (Phi) is 2.68. The summed E-state index contributed by atoms with van der Waals surface area (Å²) in [6.45, 7) is 2.54. The Hall–Kier alpha value is -0.700. The van der Waals surface area contributed by atoms with Gasteiger partial charge < -0.3 is 0 Å². The van der Waals surface area contributed by atoms with Crippen LogP contribution >= 0.6 is 15.9 Å². The van der Waals surface area contributed by atoms with Gasteiger partial charge >= 0.3 is 0 Å². The van der Waals surface area contributed by atoms with Crippen LogP contribution in [0.1, 0.15) is 18.5 Å². The lowest BCUT2D eigenvalue weighted by Crippen LogP contribution is -2.41. The van der Waals surface area contributed by atoms with Crippen molar-refractivity contribution in [3.63, 3.8) is 0 Å². The largest absolute Gasteiger partial charge is 0.292 e. The molecule has 1 heterocycles. The molecule has 2 rings (SSSR count). The number of carbonyl (C=O) groups excluding carboxylic acids is 1. The second-order valence-electron chi connectivity index (χ2n) is 3.86. The lowest BCUT2D eigenvalue weighted by atomic mass is 10.2. The van der Waals surface area contributed by atoms with Crippen LogP contribution in [-0.2, 0) is 11.3 Å². The minimum atomic E-state index is 0.348. The Morgan fingerprint density at radius 3 is 2.93 bits per heavy atom. The van der Waals surface area contributed by atoms with Crippen molar-refractivity contribution in [1.29, 1.82) is 0 Å². The highest BCUT2D eigenvalue weighted by atomic mass is 79.9. The average molecular weight is 255 g/mol. The number of hydrogen-bond donors (Lipinski definition) is 0. The standard InChI is InChI=1S/C11H13BrNO/c1-8-2-5-10(12)6-13(8)7-11(14)9-3-4-9/h2,5-6,9H,3-4,7H2,1H3/q+1. The second-order valence-corrected chi connectivity index (χ2v) is 4.77. The van der Waals surface area contributed by atoms with Gasteiger partial charge in [0.2, 0.25) is 12.3 Å². The molecule has 0 radical (unpaired) electrons. The monoisotopic (exact) mass is 254 g/mol. The molecule has 0 spiro atoms. The quantitative estimate of drug-likeness (QED) is 0.757. The molecule has 0 amide bonds. The number of aromatic nitrogens is 1. The number of aryl methyl sites for hydroxylation is 1. The minimum absolute atomic E-state index is 0.348. The van der Waals surface area contributed by atoms with E-state index >= 15 is 0 Å². The third kappa shape index (κ3) is 2.21. The first-order valence-corrected chi connectivity index (χ1v) is 5.64. The molecular weight excluding hydrogens is 242 g/mol. The smallest absolute Gasteiger partial charge is 0.207 e. The van der Waals surface area contributed by atoms with Gasteiger partial charge in [-0.3, -0.25) is 4.79 Å². The van der Waals surface area contributed by atoms with Crippen molar-refractivity contribution in [1.82, 2.24) is 0 Å². The van der Waals surface area contributed by atoms with Crippen LogP contribution < -0.4 is 4.57 Å². The predicted octanol–water partition coefficient (Wildman–Crippen LogP) is 2.02. The van der Waals surface area contributed by atoms with Gasteiger partial charge in [0.15, 0.2) is 11.9 Å². The maximum absolute atomic E-state index is 11.6. The fourth-order valence-corrected chi connectivity index (χ4v) is 1.84. The third-order valence-corrected chi connectivity index (χ3v) is 3.04. The molecule has 0 bridgehead atoms. The van der Waals surface area contributed by atoms with E-state index in [0.717, 1.165) is 23.0 Å². The molecule has 0 saturated heterocycles. The summed E-state index contributed by atoms with van der Waals surface area (Å²) in [4.78, 5) is 11.6. The number of pyridine rings is 1. The molecule has 1 saturated carbocycles. The molecule has 0 unspecified atom stereocenters. The van der Waals surface area contributed by atoms with Crippen molar-refractivity contribution in [2.75, 3.05) is 0 Å². The van der Waals surface area contributed by atoms with E-state index in [9.17, 15) is 4.79 Å². The normalized spacial score (nSPS) is 15.6. The Bertz CT molecular complexity index is 372. The molecule has 1 aromatic heterocycles.